The molecule has 29 heavy (non-hydrogen) atoms. The Hall–Kier alpha value is -2.87. The molecular formula is C21H27N5O3. The van der Waals surface area contributed by atoms with Gasteiger partial charge in [-0.3, -0.25) is 19.2 Å². The first kappa shape index (κ1) is 19.4. The average molecular weight is 397 g/mol. The second kappa shape index (κ2) is 8.24. The third-order valence-electron chi connectivity index (χ3n) is 5.77. The Labute approximate surface area is 170 Å². The Balaban J connectivity index is 1.38. The molecular weight excluding hydrogens is 370 g/mol. The minimum Gasteiger partial charge on any atom is -0.497 e. The third-order valence-corrected chi connectivity index (χ3v) is 5.77. The standard InChI is InChI=1S/C21H27N5O3/c1-23-15-17(14-22-23)26-8-4-7-19(21(26)28)24-9-11-25(12-10-24)20(27)16-5-3-6-18(13-16)29-2/h3,5-6,13-15,19H,4,7-12H2,1-2H3/t19-/m0/s1. The third kappa shape index (κ3) is 3.98. The van der Waals surface area contributed by atoms with Gasteiger partial charge in [-0.05, 0) is 31.0 Å². The first-order chi connectivity index (χ1) is 14.1. The van der Waals surface area contributed by atoms with E-state index in [4.69, 9.17) is 4.74 Å². The first-order valence-electron chi connectivity index (χ1n) is 10.0. The SMILES string of the molecule is COc1cccc(C(=O)N2CCN([C@H]3CCCN(c4cnn(C)c4)C3=O)CC2)c1. The zero-order chi connectivity index (χ0) is 20.4. The first-order valence-corrected chi connectivity index (χ1v) is 10.0. The van der Waals surface area contributed by atoms with Crippen molar-refractivity contribution in [3.05, 3.63) is 42.2 Å². The summed E-state index contributed by atoms with van der Waals surface area (Å²) in [5.41, 5.74) is 1.49. The molecule has 1 atom stereocenters. The molecule has 2 amide bonds. The maximum absolute atomic E-state index is 13.1. The molecule has 0 spiro atoms. The van der Waals surface area contributed by atoms with E-state index in [9.17, 15) is 9.59 Å². The zero-order valence-electron chi connectivity index (χ0n) is 17.0. The summed E-state index contributed by atoms with van der Waals surface area (Å²) < 4.78 is 6.94. The van der Waals surface area contributed by atoms with Crippen molar-refractivity contribution in [1.82, 2.24) is 19.6 Å². The molecule has 3 heterocycles. The molecule has 1 aromatic carbocycles. The van der Waals surface area contributed by atoms with Gasteiger partial charge in [-0.15, -0.1) is 0 Å². The van der Waals surface area contributed by atoms with Crippen LogP contribution in [-0.4, -0.2) is 77.3 Å². The van der Waals surface area contributed by atoms with Crippen molar-refractivity contribution in [2.75, 3.05) is 44.7 Å². The predicted octanol–water partition coefficient (Wildman–Crippen LogP) is 1.38. The van der Waals surface area contributed by atoms with Crippen molar-refractivity contribution in [2.45, 2.75) is 18.9 Å². The van der Waals surface area contributed by atoms with Gasteiger partial charge in [-0.25, -0.2) is 0 Å². The number of rotatable bonds is 4. The van der Waals surface area contributed by atoms with E-state index >= 15 is 0 Å². The van der Waals surface area contributed by atoms with Crippen molar-refractivity contribution < 1.29 is 14.3 Å². The number of benzene rings is 1. The summed E-state index contributed by atoms with van der Waals surface area (Å²) in [5.74, 6) is 0.824. The largest absolute Gasteiger partial charge is 0.497 e. The van der Waals surface area contributed by atoms with Gasteiger partial charge in [-0.1, -0.05) is 6.07 Å². The molecule has 154 valence electrons. The number of piperidine rings is 1. The highest BCUT2D eigenvalue weighted by atomic mass is 16.5. The molecule has 2 aromatic rings. The summed E-state index contributed by atoms with van der Waals surface area (Å²) in [7, 11) is 3.45. The van der Waals surface area contributed by atoms with Crippen LogP contribution >= 0.6 is 0 Å². The van der Waals surface area contributed by atoms with Gasteiger partial charge in [0.05, 0.1) is 25.0 Å². The molecule has 0 bridgehead atoms. The van der Waals surface area contributed by atoms with Gasteiger partial charge in [-0.2, -0.15) is 5.10 Å². The van der Waals surface area contributed by atoms with Crippen LogP contribution in [0.15, 0.2) is 36.7 Å². The summed E-state index contributed by atoms with van der Waals surface area (Å²) >= 11 is 0. The van der Waals surface area contributed by atoms with Crippen LogP contribution in [0.1, 0.15) is 23.2 Å². The lowest BCUT2D eigenvalue weighted by Crippen LogP contribution is -2.58. The van der Waals surface area contributed by atoms with Gasteiger partial charge in [0.2, 0.25) is 5.91 Å². The number of ether oxygens (including phenoxy) is 1. The van der Waals surface area contributed by atoms with Crippen LogP contribution in [0.4, 0.5) is 5.69 Å². The fourth-order valence-electron chi connectivity index (χ4n) is 4.17. The Kier molecular flexibility index (Phi) is 5.53. The highest BCUT2D eigenvalue weighted by molar-refractivity contribution is 5.98. The highest BCUT2D eigenvalue weighted by Crippen LogP contribution is 2.24. The van der Waals surface area contributed by atoms with Crippen molar-refractivity contribution in [3.8, 4) is 5.75 Å². The Bertz CT molecular complexity index is 888. The Morgan fingerprint density at radius 1 is 1.17 bits per heavy atom. The van der Waals surface area contributed by atoms with Gasteiger partial charge < -0.3 is 14.5 Å². The number of methoxy groups -OCH3 is 1. The van der Waals surface area contributed by atoms with Crippen LogP contribution in [0.25, 0.3) is 0 Å². The molecule has 2 saturated heterocycles. The lowest BCUT2D eigenvalue weighted by molar-refractivity contribution is -0.126. The van der Waals surface area contributed by atoms with Crippen molar-refractivity contribution in [1.29, 1.82) is 0 Å². The second-order valence-corrected chi connectivity index (χ2v) is 7.58. The van der Waals surface area contributed by atoms with Crippen LogP contribution in [-0.2, 0) is 11.8 Å². The van der Waals surface area contributed by atoms with Crippen molar-refractivity contribution in [3.63, 3.8) is 0 Å². The fraction of sp³-hybridized carbons (Fsp3) is 0.476. The van der Waals surface area contributed by atoms with E-state index < -0.39 is 0 Å². The number of anilines is 1. The molecule has 8 heteroatoms. The number of piperazine rings is 1. The molecule has 0 saturated carbocycles. The summed E-state index contributed by atoms with van der Waals surface area (Å²) in [4.78, 5) is 31.8. The normalized spacial score (nSPS) is 20.8. The van der Waals surface area contributed by atoms with Crippen molar-refractivity contribution >= 4 is 17.5 Å². The smallest absolute Gasteiger partial charge is 0.254 e. The van der Waals surface area contributed by atoms with E-state index in [1.807, 2.05) is 41.2 Å². The molecule has 0 aliphatic carbocycles. The number of aryl methyl sites for hydroxylation is 1. The van der Waals surface area contributed by atoms with Gasteiger partial charge in [0.1, 0.15) is 5.75 Å². The number of aromatic nitrogens is 2. The van der Waals surface area contributed by atoms with Gasteiger partial charge >= 0.3 is 0 Å². The lowest BCUT2D eigenvalue weighted by atomic mass is 10.0. The maximum Gasteiger partial charge on any atom is 0.254 e. The predicted molar refractivity (Wildman–Crippen MR) is 109 cm³/mol. The molecule has 0 radical (unpaired) electrons. The van der Waals surface area contributed by atoms with E-state index in [0.29, 0.717) is 37.5 Å². The van der Waals surface area contributed by atoms with Crippen LogP contribution in [0, 0.1) is 0 Å². The quantitative estimate of drug-likeness (QED) is 0.780. The number of carbonyl (C=O) groups is 2. The van der Waals surface area contributed by atoms with Gasteiger partial charge in [0.15, 0.2) is 0 Å². The monoisotopic (exact) mass is 397 g/mol. The van der Waals surface area contributed by atoms with E-state index in [1.165, 1.54) is 0 Å². The average Bonchev–Trinajstić information content (AvgIpc) is 3.19. The number of carbonyl (C=O) groups excluding carboxylic acids is 2. The number of nitrogens with zero attached hydrogens (tertiary/aromatic N) is 5. The van der Waals surface area contributed by atoms with Crippen LogP contribution < -0.4 is 9.64 Å². The van der Waals surface area contributed by atoms with E-state index in [0.717, 1.165) is 25.1 Å². The van der Waals surface area contributed by atoms with Gasteiger partial charge in [0, 0.05) is 51.5 Å². The minimum absolute atomic E-state index is 0.00973. The summed E-state index contributed by atoms with van der Waals surface area (Å²) in [6.45, 7) is 3.37. The lowest BCUT2D eigenvalue weighted by Gasteiger charge is -2.42. The Morgan fingerprint density at radius 2 is 1.97 bits per heavy atom. The summed E-state index contributed by atoms with van der Waals surface area (Å²) in [6.07, 6.45) is 5.45. The van der Waals surface area contributed by atoms with E-state index in [2.05, 4.69) is 10.00 Å². The molecule has 4 rings (SSSR count). The van der Waals surface area contributed by atoms with E-state index in [-0.39, 0.29) is 17.9 Å². The van der Waals surface area contributed by atoms with Crippen LogP contribution in [0.5, 0.6) is 5.75 Å². The topological polar surface area (TPSA) is 70.9 Å². The summed E-state index contributed by atoms with van der Waals surface area (Å²) in [6, 6.07) is 7.12. The minimum atomic E-state index is -0.127. The molecule has 0 N–H and O–H groups in total. The maximum atomic E-state index is 13.1. The molecule has 2 aliphatic rings. The molecule has 0 unspecified atom stereocenters. The fourth-order valence-corrected chi connectivity index (χ4v) is 4.17. The van der Waals surface area contributed by atoms with Gasteiger partial charge in [0.25, 0.3) is 5.91 Å². The second-order valence-electron chi connectivity index (χ2n) is 7.58. The van der Waals surface area contributed by atoms with E-state index in [1.54, 1.807) is 24.1 Å². The molecule has 8 nitrogen and oxygen atoms in total. The Morgan fingerprint density at radius 3 is 2.66 bits per heavy atom. The molecule has 2 fully saturated rings. The number of hydrogen-bond donors (Lipinski definition) is 0. The van der Waals surface area contributed by atoms with Crippen molar-refractivity contribution in [2.24, 2.45) is 7.05 Å². The molecule has 1 aromatic heterocycles. The highest BCUT2D eigenvalue weighted by Gasteiger charge is 2.36. The zero-order valence-corrected chi connectivity index (χ0v) is 17.0. The summed E-state index contributed by atoms with van der Waals surface area (Å²) in [5, 5.41) is 4.19. The van der Waals surface area contributed by atoms with Crippen LogP contribution in [0.2, 0.25) is 0 Å². The van der Waals surface area contributed by atoms with Crippen LogP contribution in [0.3, 0.4) is 0 Å². The number of amides is 2. The number of hydrogen-bond acceptors (Lipinski definition) is 5. The molecule has 2 aliphatic heterocycles.